The minimum absolute atomic E-state index is 0. The first-order chi connectivity index (χ1) is 34.1. The summed E-state index contributed by atoms with van der Waals surface area (Å²) in [5.41, 5.74) is 1.87. The SMILES string of the molecule is Nc1ccc(N=Nc2cc(S(=O)(=O)O)cc3cc(S(=O)(=O)O)c(N=Nc4ccc(Nc5ccc([N+](=O)[O-])cc5S(=O)(=O)[O-])cc4)c(O)c23)c(N=Nc2ccc(Nc3ccc([N+](=O)[O-])cc3S(=O)(=O)O)cc2)c1O.[Na+]. The van der Waals surface area contributed by atoms with Gasteiger partial charge in [0.2, 0.25) is 0 Å². The maximum atomic E-state index is 12.7. The first kappa shape index (κ1) is 55.4. The number of nitrogens with two attached hydrogens (primary N) is 1. The Morgan fingerprint density at radius 1 is 0.500 bits per heavy atom. The number of nitrogens with one attached hydrogen (secondary N) is 2. The van der Waals surface area contributed by atoms with Crippen LogP contribution in [0, 0.1) is 20.2 Å². The molecule has 0 radical (unpaired) electrons. The Morgan fingerprint density at radius 3 is 1.45 bits per heavy atom. The second-order valence-electron chi connectivity index (χ2n) is 14.7. The van der Waals surface area contributed by atoms with Crippen LogP contribution in [0.1, 0.15) is 0 Å². The van der Waals surface area contributed by atoms with Crippen LogP contribution in [0.15, 0.2) is 166 Å². The van der Waals surface area contributed by atoms with Crippen LogP contribution in [0.2, 0.25) is 0 Å². The van der Waals surface area contributed by atoms with Crippen LogP contribution in [0.25, 0.3) is 10.8 Å². The fourth-order valence-electron chi connectivity index (χ4n) is 6.46. The maximum absolute atomic E-state index is 12.7. The van der Waals surface area contributed by atoms with Gasteiger partial charge in [0.25, 0.3) is 41.7 Å². The quantitative estimate of drug-likeness (QED) is 0.0104. The number of nitrogen functional groups attached to an aromatic ring is 1. The number of anilines is 5. The number of nitro groups is 2. The van der Waals surface area contributed by atoms with Crippen molar-refractivity contribution in [2.45, 2.75) is 19.6 Å². The number of non-ortho nitro benzene ring substituents is 2. The first-order valence-electron chi connectivity index (χ1n) is 19.5. The second kappa shape index (κ2) is 21.2. The van der Waals surface area contributed by atoms with Crippen LogP contribution >= 0.6 is 0 Å². The molecule has 29 nitrogen and oxygen atoms in total. The average molecular weight is 1100 g/mol. The molecule has 0 aliphatic carbocycles. The molecule has 0 saturated carbocycles. The molecule has 7 aromatic rings. The Hall–Kier alpha value is -7.96. The van der Waals surface area contributed by atoms with Crippen LogP contribution in [-0.2, 0) is 40.5 Å². The molecule has 0 amide bonds. The van der Waals surface area contributed by atoms with Gasteiger partial charge >= 0.3 is 29.6 Å². The number of aromatic hydroxyl groups is 2. The van der Waals surface area contributed by atoms with Gasteiger partial charge in [0.1, 0.15) is 31.3 Å². The van der Waals surface area contributed by atoms with Crippen LogP contribution in [-0.4, -0.2) is 71.9 Å². The Bertz CT molecular complexity index is 4020. The minimum Gasteiger partial charge on any atom is -0.744 e. The number of phenolic OH excluding ortho intramolecular Hbond substituents is 2. The van der Waals surface area contributed by atoms with Gasteiger partial charge in [0, 0.05) is 35.6 Å². The van der Waals surface area contributed by atoms with E-state index in [0.717, 1.165) is 30.3 Å². The summed E-state index contributed by atoms with van der Waals surface area (Å²) in [6.07, 6.45) is 0. The molecule has 7 rings (SSSR count). The molecule has 0 aromatic heterocycles. The van der Waals surface area contributed by atoms with Crippen molar-refractivity contribution in [2.24, 2.45) is 30.7 Å². The molecule has 0 aliphatic rings. The van der Waals surface area contributed by atoms with E-state index in [9.17, 15) is 82.3 Å². The number of phenols is 2. The van der Waals surface area contributed by atoms with Crippen molar-refractivity contribution in [1.82, 2.24) is 0 Å². The number of azo groups is 3. The van der Waals surface area contributed by atoms with E-state index >= 15 is 0 Å². The Balaban J connectivity index is 0.00000892. The van der Waals surface area contributed by atoms with Crippen LogP contribution in [0.3, 0.4) is 0 Å². The molecule has 0 bridgehead atoms. The van der Waals surface area contributed by atoms with Gasteiger partial charge in [0.15, 0.2) is 17.2 Å². The summed E-state index contributed by atoms with van der Waals surface area (Å²) < 4.78 is 139. The fraction of sp³-hybridized carbons (Fsp3) is 0. The van der Waals surface area contributed by atoms with E-state index < -0.39 is 121 Å². The van der Waals surface area contributed by atoms with Gasteiger partial charge in [-0.15, -0.1) is 20.5 Å². The van der Waals surface area contributed by atoms with Gasteiger partial charge in [-0.1, -0.05) is 0 Å². The topological polar surface area (TPSA) is 471 Å². The minimum atomic E-state index is -5.33. The van der Waals surface area contributed by atoms with Gasteiger partial charge in [-0.05, 0) is 96.4 Å². The average Bonchev–Trinajstić information content (AvgIpc) is 3.30. The molecule has 0 aliphatic heterocycles. The smallest absolute Gasteiger partial charge is 0.744 e. The third kappa shape index (κ3) is 12.6. The number of nitrogens with zero attached hydrogens (tertiary/aromatic N) is 8. The van der Waals surface area contributed by atoms with E-state index in [1.165, 1.54) is 54.6 Å². The zero-order valence-electron chi connectivity index (χ0n) is 36.8. The summed E-state index contributed by atoms with van der Waals surface area (Å²) in [5.74, 6) is -1.78. The number of fused-ring (bicyclic) bond motifs is 1. The summed E-state index contributed by atoms with van der Waals surface area (Å²) in [4.78, 5) is 16.8. The summed E-state index contributed by atoms with van der Waals surface area (Å²) in [6, 6.07) is 20.1. The van der Waals surface area contributed by atoms with Gasteiger partial charge < -0.3 is 31.1 Å². The first-order valence-corrected chi connectivity index (χ1v) is 25.2. The van der Waals surface area contributed by atoms with Crippen molar-refractivity contribution < 1.29 is 101 Å². The van der Waals surface area contributed by atoms with Crippen molar-refractivity contribution in [3.05, 3.63) is 135 Å². The number of rotatable bonds is 16. The third-order valence-corrected chi connectivity index (χ3v) is 13.3. The van der Waals surface area contributed by atoms with Gasteiger partial charge in [-0.2, -0.15) is 35.5 Å². The predicted octanol–water partition coefficient (Wildman–Crippen LogP) is 6.03. The standard InChI is InChI=1S/C40H29N11O18S4.Na/c41-28-11-14-31(37(39(28)52)48-44-23-5-1-21(2-6-23)42-29-12-9-25(50(54)55)17-33(29)71(61,62)63)46-47-32-19-27(70(58,59)60)15-20-16-35(73(67,68)69)38(40(53)36(20)32)49-45-24-7-3-22(4-8-24)43-30-13-10-26(51(56)57)18-34(30)72(64,65)66;/h1-19,42-43,52-53H,41H2,(H,58,59,60)(H,61,62,63)(H,64,65,66)(H,67,68,69);/q;+1/p-1. The van der Waals surface area contributed by atoms with E-state index in [2.05, 4.69) is 41.3 Å². The van der Waals surface area contributed by atoms with E-state index in [-0.39, 0.29) is 75.1 Å². The van der Waals surface area contributed by atoms with Crippen molar-refractivity contribution in [2.75, 3.05) is 16.4 Å². The molecule has 376 valence electrons. The fourth-order valence-corrected chi connectivity index (χ4v) is 8.97. The van der Waals surface area contributed by atoms with Crippen molar-refractivity contribution in [3.63, 3.8) is 0 Å². The third-order valence-electron chi connectivity index (χ3n) is 9.83. The number of hydrogen-bond donors (Lipinski definition) is 8. The Morgan fingerprint density at radius 2 is 0.973 bits per heavy atom. The van der Waals surface area contributed by atoms with E-state index in [1.807, 2.05) is 0 Å². The molecule has 7 aromatic carbocycles. The molecule has 0 heterocycles. The zero-order valence-corrected chi connectivity index (χ0v) is 42.1. The molecule has 0 saturated heterocycles. The predicted molar refractivity (Wildman–Crippen MR) is 254 cm³/mol. The molecular weight excluding hydrogens is 1070 g/mol. The van der Waals surface area contributed by atoms with Gasteiger partial charge in [-0.3, -0.25) is 33.9 Å². The molecule has 0 unspecified atom stereocenters. The molecule has 0 fully saturated rings. The molecule has 74 heavy (non-hydrogen) atoms. The van der Waals surface area contributed by atoms with E-state index in [4.69, 9.17) is 5.73 Å². The summed E-state index contributed by atoms with van der Waals surface area (Å²) in [5, 5.41) is 72.9. The summed E-state index contributed by atoms with van der Waals surface area (Å²) in [7, 11) is -20.6. The normalized spacial score (nSPS) is 12.3. The molecule has 0 atom stereocenters. The van der Waals surface area contributed by atoms with Gasteiger partial charge in [-0.25, -0.2) is 8.42 Å². The van der Waals surface area contributed by atoms with E-state index in [1.54, 1.807) is 0 Å². The monoisotopic (exact) mass is 1100 g/mol. The van der Waals surface area contributed by atoms with E-state index in [0.29, 0.717) is 30.3 Å². The number of hydrogen-bond acceptors (Lipinski definition) is 24. The molecule has 0 spiro atoms. The largest absolute Gasteiger partial charge is 1.00 e. The second-order valence-corrected chi connectivity index (χ2v) is 20.2. The van der Waals surface area contributed by atoms with Crippen molar-refractivity contribution in [3.8, 4) is 11.5 Å². The Labute approximate surface area is 437 Å². The molecular formula is C40H28N11NaO18S4. The summed E-state index contributed by atoms with van der Waals surface area (Å²) in [6.45, 7) is 0. The van der Waals surface area contributed by atoms with Crippen molar-refractivity contribution in [1.29, 1.82) is 0 Å². The maximum Gasteiger partial charge on any atom is 1.00 e. The van der Waals surface area contributed by atoms with Crippen molar-refractivity contribution >= 4 is 125 Å². The van der Waals surface area contributed by atoms with Crippen LogP contribution in [0.5, 0.6) is 11.5 Å². The van der Waals surface area contributed by atoms with Gasteiger partial charge in [0.05, 0.1) is 59.1 Å². The molecule has 34 heteroatoms. The summed E-state index contributed by atoms with van der Waals surface area (Å²) >= 11 is 0. The number of benzene rings is 7. The molecule has 9 N–H and O–H groups in total. The Kier molecular flexibility index (Phi) is 15.9. The van der Waals surface area contributed by atoms with Crippen LogP contribution in [0.4, 0.5) is 73.9 Å². The van der Waals surface area contributed by atoms with Crippen LogP contribution < -0.4 is 45.9 Å². The zero-order chi connectivity index (χ0) is 53.4. The number of nitro benzene ring substituents is 2.